The summed E-state index contributed by atoms with van der Waals surface area (Å²) in [4.78, 5) is 21.2. The highest BCUT2D eigenvalue weighted by molar-refractivity contribution is 6.31. The fourth-order valence-corrected chi connectivity index (χ4v) is 3.11. The topological polar surface area (TPSA) is 57.0 Å². The average Bonchev–Trinajstić information content (AvgIpc) is 2.91. The van der Waals surface area contributed by atoms with Gasteiger partial charge in [0.15, 0.2) is 0 Å². The number of hydrogen-bond donors (Lipinski definition) is 0. The first kappa shape index (κ1) is 19.4. The van der Waals surface area contributed by atoms with Crippen molar-refractivity contribution in [1.82, 2.24) is 14.5 Å². The van der Waals surface area contributed by atoms with E-state index in [0.29, 0.717) is 26.8 Å². The van der Waals surface area contributed by atoms with E-state index < -0.39 is 11.7 Å². The van der Waals surface area contributed by atoms with Crippen molar-refractivity contribution < 1.29 is 9.53 Å². The maximum absolute atomic E-state index is 12.7. The molecule has 3 rings (SSSR count). The molecule has 3 aromatic heterocycles. The van der Waals surface area contributed by atoms with Crippen molar-refractivity contribution in [2.45, 2.75) is 33.3 Å². The first-order valence-corrected chi connectivity index (χ1v) is 9.05. The van der Waals surface area contributed by atoms with Crippen LogP contribution in [0.5, 0.6) is 0 Å². The minimum absolute atomic E-state index is 0.407. The molecule has 5 nitrogen and oxygen atoms in total. The van der Waals surface area contributed by atoms with Crippen molar-refractivity contribution in [1.29, 1.82) is 0 Å². The van der Waals surface area contributed by atoms with Gasteiger partial charge in [0.25, 0.3) is 0 Å². The third-order valence-corrected chi connectivity index (χ3v) is 4.32. The Bertz CT molecular complexity index is 1070. The molecule has 0 amide bonds. The van der Waals surface area contributed by atoms with Gasteiger partial charge in [0.2, 0.25) is 0 Å². The van der Waals surface area contributed by atoms with Gasteiger partial charge in [-0.3, -0.25) is 0 Å². The van der Waals surface area contributed by atoms with Gasteiger partial charge in [0, 0.05) is 34.6 Å². The average molecular weight is 404 g/mol. The van der Waals surface area contributed by atoms with E-state index in [4.69, 9.17) is 27.9 Å². The smallest absolute Gasteiger partial charge is 0.420 e. The summed E-state index contributed by atoms with van der Waals surface area (Å²) < 4.78 is 6.86. The van der Waals surface area contributed by atoms with Crippen molar-refractivity contribution in [3.05, 3.63) is 64.2 Å². The molecule has 0 aliphatic carbocycles. The van der Waals surface area contributed by atoms with E-state index in [1.165, 1.54) is 10.8 Å². The van der Waals surface area contributed by atoms with E-state index in [1.807, 2.05) is 33.8 Å². The van der Waals surface area contributed by atoms with Crippen LogP contribution in [0.2, 0.25) is 10.2 Å². The van der Waals surface area contributed by atoms with Crippen LogP contribution in [0.15, 0.2) is 37.2 Å². The van der Waals surface area contributed by atoms with E-state index in [0.717, 1.165) is 16.8 Å². The van der Waals surface area contributed by atoms with Crippen LogP contribution in [0.3, 0.4) is 0 Å². The Balaban J connectivity index is 2.17. The molecule has 0 aliphatic rings. The molecular weight excluding hydrogens is 385 g/mol. The summed E-state index contributed by atoms with van der Waals surface area (Å²) in [5.74, 6) is 0. The highest BCUT2D eigenvalue weighted by Crippen LogP contribution is 2.33. The lowest BCUT2D eigenvalue weighted by atomic mass is 9.99. The molecule has 3 heterocycles. The summed E-state index contributed by atoms with van der Waals surface area (Å²) in [6.45, 7) is 11.5. The monoisotopic (exact) mass is 403 g/mol. The molecule has 0 bridgehead atoms. The first-order chi connectivity index (χ1) is 12.6. The van der Waals surface area contributed by atoms with Crippen molar-refractivity contribution in [2.24, 2.45) is 0 Å². The Morgan fingerprint density at radius 1 is 1.22 bits per heavy atom. The number of carbonyl (C=O) groups is 1. The van der Waals surface area contributed by atoms with Gasteiger partial charge in [0.1, 0.15) is 16.4 Å². The van der Waals surface area contributed by atoms with Gasteiger partial charge in [0.05, 0.1) is 5.02 Å². The second-order valence-electron chi connectivity index (χ2n) is 7.16. The Hall–Kier alpha value is -2.37. The molecule has 7 heteroatoms. The number of carbonyl (C=O) groups excluding carboxylic acids is 1. The Labute approximate surface area is 167 Å². The molecule has 0 saturated carbocycles. The van der Waals surface area contributed by atoms with Crippen LogP contribution in [0.1, 0.15) is 37.6 Å². The van der Waals surface area contributed by atoms with E-state index in [-0.39, 0.29) is 0 Å². The number of pyridine rings is 2. The number of ether oxygens (including phenoxy) is 1. The van der Waals surface area contributed by atoms with Crippen LogP contribution in [0.4, 0.5) is 4.79 Å². The van der Waals surface area contributed by atoms with Crippen molar-refractivity contribution in [2.75, 3.05) is 0 Å². The molecule has 0 radical (unpaired) electrons. The highest BCUT2D eigenvalue weighted by atomic mass is 35.5. The van der Waals surface area contributed by atoms with Crippen LogP contribution in [-0.4, -0.2) is 26.2 Å². The van der Waals surface area contributed by atoms with Crippen molar-refractivity contribution in [3.63, 3.8) is 0 Å². The quantitative estimate of drug-likeness (QED) is 0.500. The minimum atomic E-state index is -0.631. The molecular formula is C20H19Cl2N3O2. The Morgan fingerprint density at radius 3 is 2.56 bits per heavy atom. The second kappa shape index (κ2) is 6.98. The predicted octanol–water partition coefficient (Wildman–Crippen LogP) is 5.89. The summed E-state index contributed by atoms with van der Waals surface area (Å²) in [7, 11) is 0. The Morgan fingerprint density at radius 2 is 1.93 bits per heavy atom. The third-order valence-electron chi connectivity index (χ3n) is 3.90. The summed E-state index contributed by atoms with van der Waals surface area (Å²) >= 11 is 12.1. The van der Waals surface area contributed by atoms with E-state index >= 15 is 0 Å². The molecule has 0 N–H and O–H groups in total. The largest absolute Gasteiger partial charge is 0.443 e. The zero-order valence-electron chi connectivity index (χ0n) is 15.5. The number of halogens is 2. The predicted molar refractivity (Wildman–Crippen MR) is 108 cm³/mol. The van der Waals surface area contributed by atoms with Crippen molar-refractivity contribution in [3.8, 4) is 0 Å². The van der Waals surface area contributed by atoms with Crippen LogP contribution >= 0.6 is 23.2 Å². The molecule has 0 saturated heterocycles. The van der Waals surface area contributed by atoms with Crippen LogP contribution in [0, 0.1) is 6.92 Å². The highest BCUT2D eigenvalue weighted by Gasteiger charge is 2.23. The van der Waals surface area contributed by atoms with Gasteiger partial charge in [-0.15, -0.1) is 0 Å². The number of fused-ring (bicyclic) bond motifs is 1. The number of rotatable bonds is 2. The van der Waals surface area contributed by atoms with Gasteiger partial charge in [-0.25, -0.2) is 19.3 Å². The summed E-state index contributed by atoms with van der Waals surface area (Å²) in [5.41, 5.74) is 2.78. The molecule has 0 spiro atoms. The SMILES string of the molecule is C=C(c1ccc(Cl)nc1C)c1cn(C(=O)OC(C)(C)C)c2ncc(Cl)cc12. The lowest BCUT2D eigenvalue weighted by Crippen LogP contribution is -2.26. The molecule has 3 aromatic rings. The molecule has 27 heavy (non-hydrogen) atoms. The summed E-state index contributed by atoms with van der Waals surface area (Å²) in [6.07, 6.45) is 2.64. The number of aromatic nitrogens is 3. The lowest BCUT2D eigenvalue weighted by molar-refractivity contribution is 0.0543. The standard InChI is InChI=1S/C20H19Cl2N3O2/c1-11(14-6-7-17(22)24-12(14)2)16-10-25(19(26)27-20(3,4)5)18-15(16)8-13(21)9-23-18/h6-10H,1H2,2-5H3. The van der Waals surface area contributed by atoms with E-state index in [1.54, 1.807) is 18.3 Å². The molecule has 0 aliphatic heterocycles. The zero-order chi connectivity index (χ0) is 19.9. The maximum atomic E-state index is 12.7. The van der Waals surface area contributed by atoms with Gasteiger partial charge in [-0.2, -0.15) is 0 Å². The van der Waals surface area contributed by atoms with Crippen molar-refractivity contribution >= 4 is 45.9 Å². The van der Waals surface area contributed by atoms with Gasteiger partial charge in [-0.1, -0.05) is 29.8 Å². The maximum Gasteiger partial charge on any atom is 0.420 e. The second-order valence-corrected chi connectivity index (χ2v) is 7.99. The van der Waals surface area contributed by atoms with Crippen LogP contribution < -0.4 is 0 Å². The molecule has 0 unspecified atom stereocenters. The van der Waals surface area contributed by atoms with Gasteiger partial charge < -0.3 is 4.74 Å². The number of nitrogens with zero attached hydrogens (tertiary/aromatic N) is 3. The number of aryl methyl sites for hydroxylation is 1. The number of hydrogen-bond acceptors (Lipinski definition) is 4. The van der Waals surface area contributed by atoms with E-state index in [9.17, 15) is 4.79 Å². The normalized spacial score (nSPS) is 11.6. The van der Waals surface area contributed by atoms with Crippen LogP contribution in [-0.2, 0) is 4.74 Å². The van der Waals surface area contributed by atoms with Gasteiger partial charge in [-0.05, 0) is 51.5 Å². The van der Waals surface area contributed by atoms with Crippen LogP contribution in [0.25, 0.3) is 16.6 Å². The fraction of sp³-hybridized carbons (Fsp3) is 0.250. The molecule has 140 valence electrons. The Kier molecular flexibility index (Phi) is 5.02. The summed E-state index contributed by atoms with van der Waals surface area (Å²) in [5, 5.41) is 1.57. The molecule has 0 atom stereocenters. The fourth-order valence-electron chi connectivity index (χ4n) is 2.77. The molecule has 0 aromatic carbocycles. The lowest BCUT2D eigenvalue weighted by Gasteiger charge is -2.19. The minimum Gasteiger partial charge on any atom is -0.443 e. The van der Waals surface area contributed by atoms with E-state index in [2.05, 4.69) is 16.5 Å². The molecule has 0 fully saturated rings. The zero-order valence-corrected chi connectivity index (χ0v) is 17.0. The third kappa shape index (κ3) is 3.99. The first-order valence-electron chi connectivity index (χ1n) is 8.29. The summed E-state index contributed by atoms with van der Waals surface area (Å²) in [6, 6.07) is 5.30. The van der Waals surface area contributed by atoms with Gasteiger partial charge >= 0.3 is 6.09 Å².